The fourth-order valence-electron chi connectivity index (χ4n) is 2.21. The molecule has 0 bridgehead atoms. The number of amides is 1. The van der Waals surface area contributed by atoms with Crippen molar-refractivity contribution in [3.63, 3.8) is 0 Å². The molecule has 2 aromatic rings. The van der Waals surface area contributed by atoms with Crippen molar-refractivity contribution in [3.05, 3.63) is 53.7 Å². The summed E-state index contributed by atoms with van der Waals surface area (Å²) in [6.07, 6.45) is 1.20. The van der Waals surface area contributed by atoms with Crippen molar-refractivity contribution in [2.45, 2.75) is 26.2 Å². The molecule has 6 nitrogen and oxygen atoms in total. The molecule has 1 amide bonds. The molecule has 1 N–H and O–H groups in total. The molecule has 0 saturated carbocycles. The Kier molecular flexibility index (Phi) is 6.77. The molecule has 134 valence electrons. The molecule has 0 saturated heterocycles. The molecule has 0 radical (unpaired) electrons. The molecule has 2 rings (SSSR count). The molecular weight excluding hydrogens is 318 g/mol. The van der Waals surface area contributed by atoms with Gasteiger partial charge in [0.15, 0.2) is 0 Å². The number of ether oxygens (including phenoxy) is 2. The average molecular weight is 343 g/mol. The maximum absolute atomic E-state index is 12.2. The van der Waals surface area contributed by atoms with Crippen LogP contribution in [0.1, 0.15) is 18.1 Å². The second kappa shape index (κ2) is 9.03. The van der Waals surface area contributed by atoms with E-state index in [-0.39, 0.29) is 5.91 Å². The highest BCUT2D eigenvalue weighted by molar-refractivity contribution is 5.80. The van der Waals surface area contributed by atoms with Gasteiger partial charge in [-0.3, -0.25) is 4.79 Å². The van der Waals surface area contributed by atoms with Crippen LogP contribution in [-0.4, -0.2) is 38.2 Å². The number of aromatic nitrogens is 1. The minimum absolute atomic E-state index is 0.147. The molecule has 1 unspecified atom stereocenters. The van der Waals surface area contributed by atoms with E-state index in [0.717, 1.165) is 22.7 Å². The van der Waals surface area contributed by atoms with Crippen molar-refractivity contribution >= 4 is 11.7 Å². The van der Waals surface area contributed by atoms with Crippen LogP contribution in [0, 0.1) is 0 Å². The molecule has 0 spiro atoms. The van der Waals surface area contributed by atoms with Gasteiger partial charge in [0.1, 0.15) is 17.7 Å². The van der Waals surface area contributed by atoms with Crippen LogP contribution >= 0.6 is 0 Å². The molecule has 25 heavy (non-hydrogen) atoms. The van der Waals surface area contributed by atoms with E-state index in [4.69, 9.17) is 9.47 Å². The smallest absolute Gasteiger partial charge is 0.249 e. The maximum atomic E-state index is 12.2. The molecule has 1 atom stereocenters. The number of rotatable bonds is 8. The first-order valence-electron chi connectivity index (χ1n) is 8.14. The van der Waals surface area contributed by atoms with Crippen LogP contribution in [0.25, 0.3) is 0 Å². The van der Waals surface area contributed by atoms with Gasteiger partial charge < -0.3 is 19.7 Å². The average Bonchev–Trinajstić information content (AvgIpc) is 2.64. The van der Waals surface area contributed by atoms with Gasteiger partial charge in [0.05, 0.1) is 13.7 Å². The Labute approximate surface area is 148 Å². The van der Waals surface area contributed by atoms with E-state index in [1.54, 1.807) is 20.2 Å². The maximum Gasteiger partial charge on any atom is 0.249 e. The number of methoxy groups -OCH3 is 1. The summed E-state index contributed by atoms with van der Waals surface area (Å²) in [5, 5.41) is 2.89. The van der Waals surface area contributed by atoms with Gasteiger partial charge in [-0.25, -0.2) is 4.98 Å². The van der Waals surface area contributed by atoms with Gasteiger partial charge >= 0.3 is 0 Å². The normalized spacial score (nSPS) is 11.7. The summed E-state index contributed by atoms with van der Waals surface area (Å²) >= 11 is 0. The van der Waals surface area contributed by atoms with Gasteiger partial charge in [-0.15, -0.1) is 0 Å². The highest BCUT2D eigenvalue weighted by Gasteiger charge is 2.13. The minimum atomic E-state index is -0.540. The van der Waals surface area contributed by atoms with Crippen LogP contribution < -0.4 is 15.0 Å². The Hall–Kier alpha value is -2.60. The van der Waals surface area contributed by atoms with Crippen molar-refractivity contribution in [2.24, 2.45) is 0 Å². The predicted molar refractivity (Wildman–Crippen MR) is 97.7 cm³/mol. The van der Waals surface area contributed by atoms with E-state index in [1.807, 2.05) is 55.4 Å². The van der Waals surface area contributed by atoms with Gasteiger partial charge in [-0.2, -0.15) is 0 Å². The Balaban J connectivity index is 1.82. The lowest BCUT2D eigenvalue weighted by Gasteiger charge is -2.15. The molecule has 1 aromatic carbocycles. The summed E-state index contributed by atoms with van der Waals surface area (Å²) in [4.78, 5) is 18.4. The first-order chi connectivity index (χ1) is 12.0. The van der Waals surface area contributed by atoms with Crippen LogP contribution in [0.15, 0.2) is 42.6 Å². The first-order valence-corrected chi connectivity index (χ1v) is 8.14. The largest absolute Gasteiger partial charge is 0.497 e. The Bertz CT molecular complexity index is 704. The molecule has 0 fully saturated rings. The van der Waals surface area contributed by atoms with Crippen LogP contribution in [0.4, 0.5) is 5.82 Å². The van der Waals surface area contributed by atoms with Gasteiger partial charge in [0.25, 0.3) is 0 Å². The number of benzene rings is 1. The number of pyridine rings is 1. The monoisotopic (exact) mass is 343 g/mol. The number of carbonyl (C=O) groups excluding carboxylic acids is 1. The van der Waals surface area contributed by atoms with Crippen LogP contribution in [0.3, 0.4) is 0 Å². The third-order valence-electron chi connectivity index (χ3n) is 3.74. The van der Waals surface area contributed by atoms with E-state index >= 15 is 0 Å². The molecule has 1 heterocycles. The van der Waals surface area contributed by atoms with Crippen molar-refractivity contribution < 1.29 is 14.3 Å². The van der Waals surface area contributed by atoms with E-state index in [1.165, 1.54) is 0 Å². The van der Waals surface area contributed by atoms with Gasteiger partial charge in [0.2, 0.25) is 5.91 Å². The summed E-state index contributed by atoms with van der Waals surface area (Å²) in [5.74, 6) is 1.48. The lowest BCUT2D eigenvalue weighted by molar-refractivity contribution is -0.132. The van der Waals surface area contributed by atoms with Crippen molar-refractivity contribution in [3.8, 4) is 5.75 Å². The second-order valence-electron chi connectivity index (χ2n) is 5.94. The van der Waals surface area contributed by atoms with Crippen LogP contribution in [-0.2, 0) is 22.7 Å². The summed E-state index contributed by atoms with van der Waals surface area (Å²) in [6, 6.07) is 11.4. The summed E-state index contributed by atoms with van der Waals surface area (Å²) in [7, 11) is 5.48. The standard InChI is InChI=1S/C19H25N3O3/c1-14(25-13-16-6-5-7-17(10-16)24-4)19(23)21-12-15-8-9-20-18(11-15)22(2)3/h5-11,14H,12-13H2,1-4H3,(H,21,23). The molecule has 6 heteroatoms. The Morgan fingerprint density at radius 1 is 1.24 bits per heavy atom. The number of nitrogens with zero attached hydrogens (tertiary/aromatic N) is 2. The van der Waals surface area contributed by atoms with Crippen LogP contribution in [0.2, 0.25) is 0 Å². The Morgan fingerprint density at radius 2 is 2.04 bits per heavy atom. The zero-order chi connectivity index (χ0) is 18.2. The lowest BCUT2D eigenvalue weighted by atomic mass is 10.2. The zero-order valence-electron chi connectivity index (χ0n) is 15.2. The van der Waals surface area contributed by atoms with Gasteiger partial charge in [0, 0.05) is 26.8 Å². The third-order valence-corrected chi connectivity index (χ3v) is 3.74. The predicted octanol–water partition coefficient (Wildman–Crippen LogP) is 2.38. The SMILES string of the molecule is COc1cccc(COC(C)C(=O)NCc2ccnc(N(C)C)c2)c1. The van der Waals surface area contributed by atoms with E-state index in [2.05, 4.69) is 10.3 Å². The molecule has 0 aliphatic rings. The van der Waals surface area contributed by atoms with E-state index in [0.29, 0.717) is 13.2 Å². The number of carbonyl (C=O) groups is 1. The molecule has 0 aliphatic carbocycles. The van der Waals surface area contributed by atoms with Gasteiger partial charge in [-0.1, -0.05) is 12.1 Å². The summed E-state index contributed by atoms with van der Waals surface area (Å²) in [5.41, 5.74) is 1.95. The highest BCUT2D eigenvalue weighted by Crippen LogP contribution is 2.14. The fraction of sp³-hybridized carbons (Fsp3) is 0.368. The fourth-order valence-corrected chi connectivity index (χ4v) is 2.21. The number of nitrogens with one attached hydrogen (secondary N) is 1. The van der Waals surface area contributed by atoms with Crippen LogP contribution in [0.5, 0.6) is 5.75 Å². The quantitative estimate of drug-likeness (QED) is 0.797. The lowest BCUT2D eigenvalue weighted by Crippen LogP contribution is -2.34. The van der Waals surface area contributed by atoms with Gasteiger partial charge in [-0.05, 0) is 42.3 Å². The van der Waals surface area contributed by atoms with Crippen molar-refractivity contribution in [1.29, 1.82) is 0 Å². The molecule has 1 aromatic heterocycles. The second-order valence-corrected chi connectivity index (χ2v) is 5.94. The topological polar surface area (TPSA) is 63.7 Å². The highest BCUT2D eigenvalue weighted by atomic mass is 16.5. The summed E-state index contributed by atoms with van der Waals surface area (Å²) < 4.78 is 10.8. The van der Waals surface area contributed by atoms with E-state index in [9.17, 15) is 4.79 Å². The summed E-state index contributed by atoms with van der Waals surface area (Å²) in [6.45, 7) is 2.54. The molecule has 0 aliphatic heterocycles. The van der Waals surface area contributed by atoms with E-state index < -0.39 is 6.10 Å². The zero-order valence-corrected chi connectivity index (χ0v) is 15.2. The Morgan fingerprint density at radius 3 is 2.76 bits per heavy atom. The first kappa shape index (κ1) is 18.7. The number of hydrogen-bond acceptors (Lipinski definition) is 5. The number of hydrogen-bond donors (Lipinski definition) is 1. The molecular formula is C19H25N3O3. The third kappa shape index (κ3) is 5.76. The number of anilines is 1. The minimum Gasteiger partial charge on any atom is -0.497 e. The van der Waals surface area contributed by atoms with Crippen molar-refractivity contribution in [2.75, 3.05) is 26.1 Å². The van der Waals surface area contributed by atoms with Crippen molar-refractivity contribution in [1.82, 2.24) is 10.3 Å².